The zero-order valence-electron chi connectivity index (χ0n) is 12.2. The highest BCUT2D eigenvalue weighted by Gasteiger charge is 2.31. The molecule has 2 fully saturated rings. The predicted molar refractivity (Wildman–Crippen MR) is 78.2 cm³/mol. The SMILES string of the molecule is O=C(NCC1(O)CCCC1)c1ccc(OCC2CC2)nc1. The van der Waals surface area contributed by atoms with E-state index < -0.39 is 5.60 Å². The maximum atomic E-state index is 12.0. The summed E-state index contributed by atoms with van der Waals surface area (Å²) in [5, 5.41) is 13.0. The molecule has 1 aromatic rings. The maximum absolute atomic E-state index is 12.0. The van der Waals surface area contributed by atoms with Crippen LogP contribution in [0, 0.1) is 5.92 Å². The van der Waals surface area contributed by atoms with Crippen LogP contribution in [0.3, 0.4) is 0 Å². The second kappa shape index (κ2) is 6.02. The standard InChI is InChI=1S/C16H22N2O3/c19-15(18-11-16(20)7-1-2-8-16)13-5-6-14(17-9-13)21-10-12-3-4-12/h5-6,9,12,20H,1-4,7-8,10-11H2,(H,18,19). The Kier molecular flexibility index (Phi) is 4.10. The summed E-state index contributed by atoms with van der Waals surface area (Å²) >= 11 is 0. The molecule has 0 spiro atoms. The van der Waals surface area contributed by atoms with Gasteiger partial charge in [0.15, 0.2) is 0 Å². The molecule has 0 aromatic carbocycles. The second-order valence-electron chi connectivity index (χ2n) is 6.25. The van der Waals surface area contributed by atoms with Crippen LogP contribution in [0.5, 0.6) is 5.88 Å². The van der Waals surface area contributed by atoms with Gasteiger partial charge in [-0.25, -0.2) is 4.98 Å². The molecule has 0 saturated heterocycles. The molecule has 0 atom stereocenters. The van der Waals surface area contributed by atoms with Gasteiger partial charge in [-0.1, -0.05) is 12.8 Å². The Morgan fingerprint density at radius 2 is 2.14 bits per heavy atom. The number of hydrogen-bond donors (Lipinski definition) is 2. The Balaban J connectivity index is 1.49. The summed E-state index contributed by atoms with van der Waals surface area (Å²) in [5.74, 6) is 1.05. The maximum Gasteiger partial charge on any atom is 0.252 e. The highest BCUT2D eigenvalue weighted by molar-refractivity contribution is 5.93. The number of rotatable bonds is 6. The first-order valence-electron chi connectivity index (χ1n) is 7.74. The van der Waals surface area contributed by atoms with E-state index in [1.807, 2.05) is 0 Å². The third-order valence-electron chi connectivity index (χ3n) is 4.27. The van der Waals surface area contributed by atoms with Crippen molar-refractivity contribution in [2.24, 2.45) is 5.92 Å². The van der Waals surface area contributed by atoms with E-state index in [2.05, 4.69) is 10.3 Å². The monoisotopic (exact) mass is 290 g/mol. The molecule has 2 saturated carbocycles. The van der Waals surface area contributed by atoms with E-state index in [0.29, 0.717) is 30.5 Å². The minimum absolute atomic E-state index is 0.198. The molecule has 0 bridgehead atoms. The average Bonchev–Trinajstić information content (AvgIpc) is 3.24. The van der Waals surface area contributed by atoms with Crippen LogP contribution in [0.25, 0.3) is 0 Å². The van der Waals surface area contributed by atoms with E-state index >= 15 is 0 Å². The van der Waals surface area contributed by atoms with Crippen molar-refractivity contribution in [2.45, 2.75) is 44.1 Å². The minimum Gasteiger partial charge on any atom is -0.477 e. The van der Waals surface area contributed by atoms with Crippen LogP contribution in [-0.2, 0) is 0 Å². The Labute approximate surface area is 124 Å². The molecule has 2 aliphatic rings. The van der Waals surface area contributed by atoms with E-state index in [1.54, 1.807) is 12.1 Å². The molecule has 0 unspecified atom stereocenters. The number of aliphatic hydroxyl groups is 1. The molecule has 3 rings (SSSR count). The number of aromatic nitrogens is 1. The summed E-state index contributed by atoms with van der Waals surface area (Å²) in [6, 6.07) is 3.44. The van der Waals surface area contributed by atoms with Gasteiger partial charge >= 0.3 is 0 Å². The minimum atomic E-state index is -0.726. The number of pyridine rings is 1. The van der Waals surface area contributed by atoms with Crippen molar-refractivity contribution in [1.82, 2.24) is 10.3 Å². The number of hydrogen-bond acceptors (Lipinski definition) is 4. The number of carbonyl (C=O) groups is 1. The van der Waals surface area contributed by atoms with Crippen molar-refractivity contribution in [1.29, 1.82) is 0 Å². The molecule has 2 aliphatic carbocycles. The fraction of sp³-hybridized carbons (Fsp3) is 0.625. The number of carbonyl (C=O) groups excluding carboxylic acids is 1. The van der Waals surface area contributed by atoms with Gasteiger partial charge in [0, 0.05) is 18.8 Å². The van der Waals surface area contributed by atoms with Gasteiger partial charge in [0.2, 0.25) is 5.88 Å². The van der Waals surface area contributed by atoms with Crippen LogP contribution in [0.4, 0.5) is 0 Å². The summed E-state index contributed by atoms with van der Waals surface area (Å²) in [5.41, 5.74) is -0.230. The zero-order chi connectivity index (χ0) is 14.7. The van der Waals surface area contributed by atoms with Gasteiger partial charge in [0.05, 0.1) is 17.8 Å². The van der Waals surface area contributed by atoms with Crippen LogP contribution in [0.2, 0.25) is 0 Å². The van der Waals surface area contributed by atoms with Crippen LogP contribution < -0.4 is 10.1 Å². The third kappa shape index (κ3) is 3.94. The molecular weight excluding hydrogens is 268 g/mol. The number of ether oxygens (including phenoxy) is 1. The fourth-order valence-corrected chi connectivity index (χ4v) is 2.64. The second-order valence-corrected chi connectivity index (χ2v) is 6.25. The largest absolute Gasteiger partial charge is 0.477 e. The fourth-order valence-electron chi connectivity index (χ4n) is 2.64. The van der Waals surface area contributed by atoms with Crippen LogP contribution in [-0.4, -0.2) is 34.8 Å². The predicted octanol–water partition coefficient (Wildman–Crippen LogP) is 1.91. The van der Waals surface area contributed by atoms with Crippen molar-refractivity contribution in [3.63, 3.8) is 0 Å². The Morgan fingerprint density at radius 1 is 1.38 bits per heavy atom. The van der Waals surface area contributed by atoms with Gasteiger partial charge in [-0.15, -0.1) is 0 Å². The number of amides is 1. The Hall–Kier alpha value is -1.62. The van der Waals surface area contributed by atoms with Crippen molar-refractivity contribution in [3.8, 4) is 5.88 Å². The molecule has 114 valence electrons. The Morgan fingerprint density at radius 3 is 2.76 bits per heavy atom. The molecule has 1 aromatic heterocycles. The van der Waals surface area contributed by atoms with Gasteiger partial charge in [-0.3, -0.25) is 4.79 Å². The first kappa shape index (κ1) is 14.3. The molecule has 5 heteroatoms. The van der Waals surface area contributed by atoms with Crippen molar-refractivity contribution in [2.75, 3.05) is 13.2 Å². The highest BCUT2D eigenvalue weighted by Crippen LogP contribution is 2.29. The van der Waals surface area contributed by atoms with Crippen LogP contribution >= 0.6 is 0 Å². The summed E-state index contributed by atoms with van der Waals surface area (Å²) in [4.78, 5) is 16.2. The van der Waals surface area contributed by atoms with E-state index in [4.69, 9.17) is 4.74 Å². The van der Waals surface area contributed by atoms with Gasteiger partial charge in [0.25, 0.3) is 5.91 Å². The lowest BCUT2D eigenvalue weighted by Gasteiger charge is -2.22. The quantitative estimate of drug-likeness (QED) is 0.839. The van der Waals surface area contributed by atoms with E-state index in [9.17, 15) is 9.90 Å². The highest BCUT2D eigenvalue weighted by atomic mass is 16.5. The first-order chi connectivity index (χ1) is 10.1. The molecule has 2 N–H and O–H groups in total. The molecule has 1 heterocycles. The van der Waals surface area contributed by atoms with E-state index in [0.717, 1.165) is 25.7 Å². The average molecular weight is 290 g/mol. The van der Waals surface area contributed by atoms with Crippen molar-refractivity contribution in [3.05, 3.63) is 23.9 Å². The van der Waals surface area contributed by atoms with Crippen molar-refractivity contribution >= 4 is 5.91 Å². The zero-order valence-corrected chi connectivity index (χ0v) is 12.2. The third-order valence-corrected chi connectivity index (χ3v) is 4.27. The lowest BCUT2D eigenvalue weighted by atomic mass is 10.0. The van der Waals surface area contributed by atoms with E-state index in [1.165, 1.54) is 19.0 Å². The molecule has 0 radical (unpaired) electrons. The first-order valence-corrected chi connectivity index (χ1v) is 7.74. The number of nitrogens with zero attached hydrogens (tertiary/aromatic N) is 1. The number of nitrogens with one attached hydrogen (secondary N) is 1. The van der Waals surface area contributed by atoms with Gasteiger partial charge < -0.3 is 15.2 Å². The lowest BCUT2D eigenvalue weighted by Crippen LogP contribution is -2.40. The summed E-state index contributed by atoms with van der Waals surface area (Å²) in [6.07, 6.45) is 7.59. The molecule has 5 nitrogen and oxygen atoms in total. The summed E-state index contributed by atoms with van der Waals surface area (Å²) in [6.45, 7) is 1.03. The normalized spacial score (nSPS) is 20.2. The van der Waals surface area contributed by atoms with Crippen molar-refractivity contribution < 1.29 is 14.6 Å². The molecule has 1 amide bonds. The van der Waals surface area contributed by atoms with Gasteiger partial charge in [-0.2, -0.15) is 0 Å². The topological polar surface area (TPSA) is 71.5 Å². The van der Waals surface area contributed by atoms with Crippen LogP contribution in [0.1, 0.15) is 48.9 Å². The molecule has 0 aliphatic heterocycles. The molecular formula is C16H22N2O3. The van der Waals surface area contributed by atoms with Gasteiger partial charge in [-0.05, 0) is 37.7 Å². The smallest absolute Gasteiger partial charge is 0.252 e. The molecule has 21 heavy (non-hydrogen) atoms. The van der Waals surface area contributed by atoms with Crippen LogP contribution in [0.15, 0.2) is 18.3 Å². The Bertz CT molecular complexity index is 491. The van der Waals surface area contributed by atoms with E-state index in [-0.39, 0.29) is 5.91 Å². The van der Waals surface area contributed by atoms with Gasteiger partial charge in [0.1, 0.15) is 0 Å². The summed E-state index contributed by atoms with van der Waals surface area (Å²) in [7, 11) is 0. The lowest BCUT2D eigenvalue weighted by molar-refractivity contribution is 0.0449. The summed E-state index contributed by atoms with van der Waals surface area (Å²) < 4.78 is 5.54.